The molecule has 0 saturated carbocycles. The second-order valence-corrected chi connectivity index (χ2v) is 5.05. The van der Waals surface area contributed by atoms with Crippen molar-refractivity contribution in [3.63, 3.8) is 0 Å². The van der Waals surface area contributed by atoms with Crippen LogP contribution in [0.1, 0.15) is 18.9 Å². The molecule has 2 unspecified atom stereocenters. The van der Waals surface area contributed by atoms with Gasteiger partial charge in [0.1, 0.15) is 5.78 Å². The Hall–Kier alpha value is -0.700. The summed E-state index contributed by atoms with van der Waals surface area (Å²) in [4.78, 5) is 11.3. The largest absolute Gasteiger partial charge is 0.472 e. The highest BCUT2D eigenvalue weighted by atomic mass is 32.2. The second kappa shape index (κ2) is 3.58. The van der Waals surface area contributed by atoms with Crippen LogP contribution < -0.4 is 0 Å². The van der Waals surface area contributed by atoms with Crippen LogP contribution in [-0.2, 0) is 11.2 Å². The van der Waals surface area contributed by atoms with Gasteiger partial charge in [-0.25, -0.2) is 0 Å². The van der Waals surface area contributed by atoms with Gasteiger partial charge >= 0.3 is 0 Å². The summed E-state index contributed by atoms with van der Waals surface area (Å²) in [5.41, 5.74) is 1.19. The van der Waals surface area contributed by atoms with E-state index in [1.54, 1.807) is 24.3 Å². The Labute approximate surface area is 81.7 Å². The fourth-order valence-electron chi connectivity index (χ4n) is 1.60. The van der Waals surface area contributed by atoms with Crippen LogP contribution in [0.3, 0.4) is 0 Å². The summed E-state index contributed by atoms with van der Waals surface area (Å²) in [6, 6.07) is 1.97. The van der Waals surface area contributed by atoms with E-state index in [0.717, 1.165) is 12.8 Å². The minimum Gasteiger partial charge on any atom is -0.472 e. The van der Waals surface area contributed by atoms with Gasteiger partial charge in [-0.05, 0) is 25.0 Å². The molecule has 0 aliphatic carbocycles. The van der Waals surface area contributed by atoms with E-state index in [0.29, 0.717) is 11.0 Å². The molecule has 1 aromatic rings. The molecule has 1 aliphatic heterocycles. The maximum absolute atomic E-state index is 11.3. The Morgan fingerprint density at radius 3 is 3.08 bits per heavy atom. The predicted molar refractivity (Wildman–Crippen MR) is 52.9 cm³/mol. The van der Waals surface area contributed by atoms with E-state index in [2.05, 4.69) is 0 Å². The van der Waals surface area contributed by atoms with Crippen molar-refractivity contribution in [1.82, 2.24) is 0 Å². The molecule has 0 spiro atoms. The highest BCUT2D eigenvalue weighted by Gasteiger charge is 2.29. The molecule has 0 N–H and O–H groups in total. The van der Waals surface area contributed by atoms with Crippen LogP contribution >= 0.6 is 11.8 Å². The maximum atomic E-state index is 11.3. The van der Waals surface area contributed by atoms with Crippen molar-refractivity contribution in [2.45, 2.75) is 30.3 Å². The van der Waals surface area contributed by atoms with Crippen LogP contribution in [0.15, 0.2) is 23.0 Å². The molecule has 1 fully saturated rings. The summed E-state index contributed by atoms with van der Waals surface area (Å²) < 4.78 is 4.98. The van der Waals surface area contributed by atoms with E-state index in [-0.39, 0.29) is 5.25 Å². The summed E-state index contributed by atoms with van der Waals surface area (Å²) >= 11 is 1.78. The fraction of sp³-hybridized carbons (Fsp3) is 0.500. The molecule has 2 atom stereocenters. The van der Waals surface area contributed by atoms with Gasteiger partial charge in [-0.3, -0.25) is 4.79 Å². The molecule has 70 valence electrons. The molecule has 0 bridgehead atoms. The van der Waals surface area contributed by atoms with E-state index in [1.165, 1.54) is 5.56 Å². The molecule has 1 aromatic heterocycles. The maximum Gasteiger partial charge on any atom is 0.146 e. The lowest BCUT2D eigenvalue weighted by Gasteiger charge is -2.04. The first-order chi connectivity index (χ1) is 6.25. The number of hydrogen-bond acceptors (Lipinski definition) is 3. The molecule has 1 aliphatic rings. The van der Waals surface area contributed by atoms with E-state index in [1.807, 2.05) is 13.0 Å². The first-order valence-corrected chi connectivity index (χ1v) is 5.39. The average molecular weight is 196 g/mol. The molecule has 3 heteroatoms. The molecule has 0 amide bonds. The zero-order valence-electron chi connectivity index (χ0n) is 7.53. The topological polar surface area (TPSA) is 30.2 Å². The summed E-state index contributed by atoms with van der Waals surface area (Å²) in [6.07, 6.45) is 5.11. The minimum atomic E-state index is 0.192. The van der Waals surface area contributed by atoms with Gasteiger partial charge in [0.15, 0.2) is 0 Å². The van der Waals surface area contributed by atoms with Gasteiger partial charge in [0, 0.05) is 11.7 Å². The number of ketones is 1. The summed E-state index contributed by atoms with van der Waals surface area (Å²) in [5.74, 6) is 0.387. The van der Waals surface area contributed by atoms with Crippen molar-refractivity contribution in [3.05, 3.63) is 24.2 Å². The first kappa shape index (κ1) is 8.88. The molecule has 2 heterocycles. The molecular formula is C10H12O2S. The summed E-state index contributed by atoms with van der Waals surface area (Å²) in [6.45, 7) is 1.99. The Morgan fingerprint density at radius 2 is 2.54 bits per heavy atom. The number of carbonyl (C=O) groups excluding carboxylic acids is 1. The van der Waals surface area contributed by atoms with Gasteiger partial charge in [0.05, 0.1) is 17.8 Å². The fourth-order valence-corrected chi connectivity index (χ4v) is 2.97. The zero-order chi connectivity index (χ0) is 9.26. The van der Waals surface area contributed by atoms with E-state index >= 15 is 0 Å². The summed E-state index contributed by atoms with van der Waals surface area (Å²) in [5, 5.41) is 0.650. The smallest absolute Gasteiger partial charge is 0.146 e. The Morgan fingerprint density at radius 1 is 1.69 bits per heavy atom. The number of rotatable bonds is 2. The van der Waals surface area contributed by atoms with Crippen molar-refractivity contribution in [1.29, 1.82) is 0 Å². The predicted octanol–water partition coefficient (Wildman–Crippen LogP) is 2.29. The lowest BCUT2D eigenvalue weighted by molar-refractivity contribution is -0.117. The van der Waals surface area contributed by atoms with Crippen molar-refractivity contribution in [2.24, 2.45) is 0 Å². The number of hydrogen-bond donors (Lipinski definition) is 0. The highest BCUT2D eigenvalue weighted by molar-refractivity contribution is 8.01. The molecule has 1 saturated heterocycles. The molecule has 2 rings (SSSR count). The van der Waals surface area contributed by atoms with Gasteiger partial charge in [0.25, 0.3) is 0 Å². The molecule has 2 nitrogen and oxygen atoms in total. The molecule has 0 radical (unpaired) electrons. The van der Waals surface area contributed by atoms with Crippen LogP contribution in [0.5, 0.6) is 0 Å². The van der Waals surface area contributed by atoms with Gasteiger partial charge in [-0.15, -0.1) is 11.8 Å². The van der Waals surface area contributed by atoms with Crippen molar-refractivity contribution >= 4 is 17.5 Å². The number of furan rings is 1. The first-order valence-electron chi connectivity index (χ1n) is 4.45. The quantitative estimate of drug-likeness (QED) is 0.727. The van der Waals surface area contributed by atoms with Crippen LogP contribution in [0.4, 0.5) is 0 Å². The highest BCUT2D eigenvalue weighted by Crippen LogP contribution is 2.32. The van der Waals surface area contributed by atoms with Crippen LogP contribution in [0.2, 0.25) is 0 Å². The lowest BCUT2D eigenvalue weighted by Crippen LogP contribution is -2.05. The number of Topliss-reactive ketones (excluding diaryl/α,β-unsaturated/α-hetero) is 1. The Balaban J connectivity index is 1.94. The monoisotopic (exact) mass is 196 g/mol. The van der Waals surface area contributed by atoms with Crippen LogP contribution in [0.25, 0.3) is 0 Å². The molecule has 13 heavy (non-hydrogen) atoms. The third-order valence-electron chi connectivity index (χ3n) is 2.32. The lowest BCUT2D eigenvalue weighted by atomic mass is 10.1. The van der Waals surface area contributed by atoms with Crippen LogP contribution in [0, 0.1) is 0 Å². The van der Waals surface area contributed by atoms with Gasteiger partial charge in [-0.2, -0.15) is 0 Å². The van der Waals surface area contributed by atoms with Gasteiger partial charge < -0.3 is 4.42 Å². The van der Waals surface area contributed by atoms with Gasteiger partial charge in [0.2, 0.25) is 0 Å². The van der Waals surface area contributed by atoms with Crippen molar-refractivity contribution in [3.8, 4) is 0 Å². The second-order valence-electron chi connectivity index (χ2n) is 3.41. The molecule has 0 aromatic carbocycles. The van der Waals surface area contributed by atoms with E-state index in [9.17, 15) is 4.79 Å². The Bertz CT molecular complexity index is 292. The number of carbonyl (C=O) groups is 1. The van der Waals surface area contributed by atoms with E-state index < -0.39 is 0 Å². The van der Waals surface area contributed by atoms with E-state index in [4.69, 9.17) is 4.42 Å². The van der Waals surface area contributed by atoms with Gasteiger partial charge in [-0.1, -0.05) is 0 Å². The zero-order valence-corrected chi connectivity index (χ0v) is 8.34. The van der Waals surface area contributed by atoms with Crippen LogP contribution in [-0.4, -0.2) is 16.3 Å². The standard InChI is InChI=1S/C10H12O2S/c1-7-10(11)5-9(13-7)4-8-2-3-12-6-8/h2-3,6-7,9H,4-5H2,1H3. The SMILES string of the molecule is CC1SC(Cc2ccoc2)CC1=O. The van der Waals surface area contributed by atoms with Crippen molar-refractivity contribution in [2.75, 3.05) is 0 Å². The van der Waals surface area contributed by atoms with Crippen molar-refractivity contribution < 1.29 is 9.21 Å². The Kier molecular flexibility index (Phi) is 2.44. The average Bonchev–Trinajstić information content (AvgIpc) is 2.64. The number of thioether (sulfide) groups is 1. The summed E-state index contributed by atoms with van der Waals surface area (Å²) in [7, 11) is 0. The third-order valence-corrected chi connectivity index (χ3v) is 3.71. The minimum absolute atomic E-state index is 0.192. The third kappa shape index (κ3) is 1.97. The normalized spacial score (nSPS) is 28.2. The molecular weight excluding hydrogens is 184 g/mol.